The molecular formula is C13H18N6. The van der Waals surface area contributed by atoms with Crippen LogP contribution in [0.15, 0.2) is 12.7 Å². The minimum absolute atomic E-state index is 0.234. The van der Waals surface area contributed by atoms with Gasteiger partial charge in [-0.05, 0) is 31.6 Å². The number of rotatable bonds is 2. The van der Waals surface area contributed by atoms with Crippen molar-refractivity contribution in [1.82, 2.24) is 19.5 Å². The average molecular weight is 258 g/mol. The van der Waals surface area contributed by atoms with Crippen molar-refractivity contribution in [3.05, 3.63) is 12.7 Å². The summed E-state index contributed by atoms with van der Waals surface area (Å²) in [7, 11) is 0. The molecule has 2 aliphatic rings. The van der Waals surface area contributed by atoms with E-state index in [-0.39, 0.29) is 5.41 Å². The zero-order chi connectivity index (χ0) is 13.0. The number of nitrogens with zero attached hydrogens (tertiary/aromatic N) is 4. The number of hydrogen-bond donors (Lipinski definition) is 2. The van der Waals surface area contributed by atoms with Crippen molar-refractivity contribution in [2.75, 3.05) is 5.73 Å². The Labute approximate surface area is 111 Å². The van der Waals surface area contributed by atoms with Crippen molar-refractivity contribution < 1.29 is 0 Å². The second-order valence-electron chi connectivity index (χ2n) is 6.12. The number of aromatic nitrogens is 4. The molecule has 2 aliphatic carbocycles. The van der Waals surface area contributed by atoms with Gasteiger partial charge < -0.3 is 16.0 Å². The van der Waals surface area contributed by atoms with Crippen LogP contribution in [0.4, 0.5) is 5.82 Å². The van der Waals surface area contributed by atoms with Crippen molar-refractivity contribution in [2.45, 2.75) is 38.3 Å². The van der Waals surface area contributed by atoms with E-state index in [2.05, 4.69) is 19.5 Å². The molecule has 2 aromatic heterocycles. The predicted molar refractivity (Wildman–Crippen MR) is 72.1 cm³/mol. The second-order valence-corrected chi connectivity index (χ2v) is 6.12. The van der Waals surface area contributed by atoms with Crippen molar-refractivity contribution in [2.24, 2.45) is 17.1 Å². The van der Waals surface area contributed by atoms with Crippen LogP contribution in [0.5, 0.6) is 0 Å². The highest BCUT2D eigenvalue weighted by atomic mass is 15.1. The van der Waals surface area contributed by atoms with E-state index in [1.807, 2.05) is 6.33 Å². The average Bonchev–Trinajstić information content (AvgIpc) is 3.04. The Morgan fingerprint density at radius 2 is 2.26 bits per heavy atom. The summed E-state index contributed by atoms with van der Waals surface area (Å²) in [6.07, 6.45) is 8.27. The fourth-order valence-electron chi connectivity index (χ4n) is 4.03. The molecule has 6 heteroatoms. The van der Waals surface area contributed by atoms with E-state index >= 15 is 0 Å². The lowest BCUT2D eigenvalue weighted by molar-refractivity contribution is 0.214. The molecule has 2 saturated carbocycles. The Balaban J connectivity index is 1.74. The Morgan fingerprint density at radius 3 is 3.00 bits per heavy atom. The van der Waals surface area contributed by atoms with Crippen LogP contribution in [0.1, 0.15) is 25.7 Å². The van der Waals surface area contributed by atoms with Crippen LogP contribution in [0.2, 0.25) is 0 Å². The molecule has 0 amide bonds. The van der Waals surface area contributed by atoms with Gasteiger partial charge in [-0.15, -0.1) is 0 Å². The van der Waals surface area contributed by atoms with Crippen LogP contribution < -0.4 is 11.5 Å². The zero-order valence-electron chi connectivity index (χ0n) is 10.8. The standard InChI is InChI=1S/C13H18N6/c14-9-3-8-1-2-13(9,4-8)5-19-7-18-10-11(15)16-6-17-12(10)19/h6-9H,1-5,14H2,(H2,15,16,17). The fraction of sp³-hybridized carbons (Fsp3) is 0.615. The van der Waals surface area contributed by atoms with Gasteiger partial charge in [0.05, 0.1) is 6.33 Å². The molecule has 0 radical (unpaired) electrons. The first-order valence-corrected chi connectivity index (χ1v) is 6.85. The molecule has 0 aliphatic heterocycles. The van der Waals surface area contributed by atoms with Gasteiger partial charge in [0.2, 0.25) is 0 Å². The molecule has 2 fully saturated rings. The van der Waals surface area contributed by atoms with Crippen molar-refractivity contribution in [3.63, 3.8) is 0 Å². The monoisotopic (exact) mass is 258 g/mol. The number of hydrogen-bond acceptors (Lipinski definition) is 5. The van der Waals surface area contributed by atoms with E-state index in [0.29, 0.717) is 17.4 Å². The summed E-state index contributed by atoms with van der Waals surface area (Å²) in [4.78, 5) is 12.6. The Hall–Kier alpha value is -1.69. The summed E-state index contributed by atoms with van der Waals surface area (Å²) >= 11 is 0. The number of anilines is 1. The normalized spacial score (nSPS) is 33.3. The topological polar surface area (TPSA) is 95.6 Å². The summed E-state index contributed by atoms with van der Waals surface area (Å²) in [5.41, 5.74) is 13.9. The zero-order valence-corrected chi connectivity index (χ0v) is 10.8. The maximum atomic E-state index is 6.35. The van der Waals surface area contributed by atoms with Gasteiger partial charge in [0.1, 0.15) is 11.8 Å². The molecule has 19 heavy (non-hydrogen) atoms. The Morgan fingerprint density at radius 1 is 1.37 bits per heavy atom. The molecule has 2 heterocycles. The quantitative estimate of drug-likeness (QED) is 0.835. The van der Waals surface area contributed by atoms with Gasteiger partial charge in [-0.2, -0.15) is 0 Å². The van der Waals surface area contributed by atoms with Gasteiger partial charge in [-0.25, -0.2) is 15.0 Å². The molecule has 4 N–H and O–H groups in total. The third-order valence-electron chi connectivity index (χ3n) is 5.03. The minimum atomic E-state index is 0.234. The summed E-state index contributed by atoms with van der Waals surface area (Å²) in [6, 6.07) is 0.308. The number of nitrogens with two attached hydrogens (primary N) is 2. The van der Waals surface area contributed by atoms with Gasteiger partial charge in [0.15, 0.2) is 11.5 Å². The van der Waals surface area contributed by atoms with Gasteiger partial charge in [0.25, 0.3) is 0 Å². The molecule has 3 unspecified atom stereocenters. The maximum Gasteiger partial charge on any atom is 0.165 e. The molecule has 100 valence electrons. The van der Waals surface area contributed by atoms with E-state index in [4.69, 9.17) is 11.5 Å². The van der Waals surface area contributed by atoms with Gasteiger partial charge in [0, 0.05) is 18.0 Å². The molecule has 2 aromatic rings. The maximum absolute atomic E-state index is 6.35. The van der Waals surface area contributed by atoms with Crippen LogP contribution >= 0.6 is 0 Å². The first kappa shape index (κ1) is 11.2. The van der Waals surface area contributed by atoms with E-state index < -0.39 is 0 Å². The van der Waals surface area contributed by atoms with E-state index in [0.717, 1.165) is 18.1 Å². The SMILES string of the molecule is Nc1ncnc2c1ncn2CC12CCC(CC1N)C2. The lowest BCUT2D eigenvalue weighted by atomic mass is 9.80. The van der Waals surface area contributed by atoms with Crippen LogP contribution in [-0.2, 0) is 6.54 Å². The van der Waals surface area contributed by atoms with Gasteiger partial charge in [-0.1, -0.05) is 0 Å². The molecule has 0 saturated heterocycles. The predicted octanol–water partition coefficient (Wildman–Crippen LogP) is 0.926. The first-order chi connectivity index (χ1) is 9.18. The lowest BCUT2D eigenvalue weighted by Gasteiger charge is -2.32. The number of nitrogen functional groups attached to an aromatic ring is 1. The Bertz CT molecular complexity index is 635. The second kappa shape index (κ2) is 3.66. The van der Waals surface area contributed by atoms with E-state index in [9.17, 15) is 0 Å². The molecular weight excluding hydrogens is 240 g/mol. The summed E-state index contributed by atoms with van der Waals surface area (Å²) < 4.78 is 2.10. The highest BCUT2D eigenvalue weighted by Crippen LogP contribution is 2.54. The molecule has 4 rings (SSSR count). The highest BCUT2D eigenvalue weighted by Gasteiger charge is 2.50. The van der Waals surface area contributed by atoms with Crippen molar-refractivity contribution in [3.8, 4) is 0 Å². The highest BCUT2D eigenvalue weighted by molar-refractivity contribution is 5.81. The molecule has 0 spiro atoms. The van der Waals surface area contributed by atoms with Crippen molar-refractivity contribution >= 4 is 17.0 Å². The van der Waals surface area contributed by atoms with Crippen LogP contribution in [0, 0.1) is 11.3 Å². The summed E-state index contributed by atoms with van der Waals surface area (Å²) in [5, 5.41) is 0. The number of imidazole rings is 1. The van der Waals surface area contributed by atoms with Gasteiger partial charge >= 0.3 is 0 Å². The third-order valence-corrected chi connectivity index (χ3v) is 5.03. The molecule has 3 atom stereocenters. The minimum Gasteiger partial charge on any atom is -0.382 e. The summed E-state index contributed by atoms with van der Waals surface area (Å²) in [6.45, 7) is 0.900. The first-order valence-electron chi connectivity index (χ1n) is 6.85. The lowest BCUT2D eigenvalue weighted by Crippen LogP contribution is -2.40. The molecule has 6 nitrogen and oxygen atoms in total. The smallest absolute Gasteiger partial charge is 0.165 e. The Kier molecular flexibility index (Phi) is 2.15. The number of fused-ring (bicyclic) bond motifs is 3. The fourth-order valence-corrected chi connectivity index (χ4v) is 4.03. The van der Waals surface area contributed by atoms with Crippen molar-refractivity contribution in [1.29, 1.82) is 0 Å². The molecule has 2 bridgehead atoms. The summed E-state index contributed by atoms with van der Waals surface area (Å²) in [5.74, 6) is 1.27. The van der Waals surface area contributed by atoms with Crippen LogP contribution in [0.3, 0.4) is 0 Å². The van der Waals surface area contributed by atoms with Crippen LogP contribution in [-0.4, -0.2) is 25.6 Å². The molecule has 0 aromatic carbocycles. The third kappa shape index (κ3) is 1.49. The van der Waals surface area contributed by atoms with Gasteiger partial charge in [-0.3, -0.25) is 0 Å². The van der Waals surface area contributed by atoms with Crippen LogP contribution in [0.25, 0.3) is 11.2 Å². The largest absolute Gasteiger partial charge is 0.382 e. The van der Waals surface area contributed by atoms with E-state index in [1.165, 1.54) is 32.0 Å². The van der Waals surface area contributed by atoms with E-state index in [1.54, 1.807) is 0 Å².